The van der Waals surface area contributed by atoms with Gasteiger partial charge in [-0.05, 0) is 42.7 Å². The topological polar surface area (TPSA) is 60.0 Å². The van der Waals surface area contributed by atoms with E-state index in [4.69, 9.17) is 14.2 Å². The summed E-state index contributed by atoms with van der Waals surface area (Å²) in [6.07, 6.45) is 1.81. The Morgan fingerprint density at radius 1 is 1.07 bits per heavy atom. The highest BCUT2D eigenvalue weighted by Crippen LogP contribution is 2.25. The quantitative estimate of drug-likeness (QED) is 0.674. The molecule has 0 aliphatic carbocycles. The van der Waals surface area contributed by atoms with Crippen LogP contribution in [-0.2, 0) is 16.0 Å². The summed E-state index contributed by atoms with van der Waals surface area (Å²) in [6, 6.07) is 16.0. The molecule has 6 nitrogen and oxygen atoms in total. The fourth-order valence-electron chi connectivity index (χ4n) is 3.15. The summed E-state index contributed by atoms with van der Waals surface area (Å²) < 4.78 is 16.1. The molecule has 1 fully saturated rings. The Balaban J connectivity index is 1.34. The predicted octanol–water partition coefficient (Wildman–Crippen LogP) is 2.66. The molecule has 0 bridgehead atoms. The molecule has 0 atom stereocenters. The average Bonchev–Trinajstić information content (AvgIpc) is 2.76. The van der Waals surface area contributed by atoms with Crippen molar-refractivity contribution in [3.05, 3.63) is 54.1 Å². The Morgan fingerprint density at radius 3 is 2.50 bits per heavy atom. The molecular weight excluding hydrogens is 356 g/mol. The van der Waals surface area contributed by atoms with E-state index in [1.54, 1.807) is 19.2 Å². The van der Waals surface area contributed by atoms with Gasteiger partial charge in [0.1, 0.15) is 0 Å². The second kappa shape index (κ2) is 10.6. The van der Waals surface area contributed by atoms with Crippen molar-refractivity contribution in [1.82, 2.24) is 5.32 Å². The van der Waals surface area contributed by atoms with Gasteiger partial charge in [0, 0.05) is 25.3 Å². The summed E-state index contributed by atoms with van der Waals surface area (Å²) in [6.45, 7) is 4.09. The maximum Gasteiger partial charge on any atom is 0.257 e. The van der Waals surface area contributed by atoms with Gasteiger partial charge in [0.25, 0.3) is 5.91 Å². The summed E-state index contributed by atoms with van der Waals surface area (Å²) in [5.74, 6) is 1.06. The second-order valence-electron chi connectivity index (χ2n) is 6.66. The zero-order valence-electron chi connectivity index (χ0n) is 16.4. The number of anilines is 1. The number of morpholine rings is 1. The molecule has 1 aliphatic heterocycles. The van der Waals surface area contributed by atoms with Crippen LogP contribution in [0.4, 0.5) is 5.69 Å². The van der Waals surface area contributed by atoms with Gasteiger partial charge in [-0.15, -0.1) is 0 Å². The van der Waals surface area contributed by atoms with Crippen molar-refractivity contribution in [2.45, 2.75) is 12.8 Å². The van der Waals surface area contributed by atoms with Gasteiger partial charge in [-0.2, -0.15) is 0 Å². The smallest absolute Gasteiger partial charge is 0.257 e. The molecule has 0 unspecified atom stereocenters. The molecule has 1 saturated heterocycles. The molecule has 1 aliphatic rings. The summed E-state index contributed by atoms with van der Waals surface area (Å²) in [5, 5.41) is 2.90. The van der Waals surface area contributed by atoms with Crippen molar-refractivity contribution in [3.8, 4) is 11.5 Å². The molecule has 150 valence electrons. The SMILES string of the molecule is COc1ccccc1OCC(=O)NCCCc1ccc(N2CCOCC2)cc1. The van der Waals surface area contributed by atoms with Crippen LogP contribution in [0.25, 0.3) is 0 Å². The van der Waals surface area contributed by atoms with E-state index in [9.17, 15) is 4.79 Å². The van der Waals surface area contributed by atoms with Gasteiger partial charge in [0.05, 0.1) is 20.3 Å². The van der Waals surface area contributed by atoms with E-state index < -0.39 is 0 Å². The number of benzene rings is 2. The molecule has 28 heavy (non-hydrogen) atoms. The van der Waals surface area contributed by atoms with Crippen molar-refractivity contribution in [1.29, 1.82) is 0 Å². The third-order valence-corrected chi connectivity index (χ3v) is 4.70. The largest absolute Gasteiger partial charge is 0.493 e. The normalized spacial score (nSPS) is 13.8. The van der Waals surface area contributed by atoms with Crippen LogP contribution >= 0.6 is 0 Å². The lowest BCUT2D eigenvalue weighted by Crippen LogP contribution is -2.36. The number of nitrogens with one attached hydrogen (secondary N) is 1. The number of carbonyl (C=O) groups excluding carboxylic acids is 1. The van der Waals surface area contributed by atoms with Crippen molar-refractivity contribution in [2.24, 2.45) is 0 Å². The Hall–Kier alpha value is -2.73. The lowest BCUT2D eigenvalue weighted by atomic mass is 10.1. The third kappa shape index (κ3) is 5.89. The maximum atomic E-state index is 12.0. The molecule has 1 heterocycles. The summed E-state index contributed by atoms with van der Waals surface area (Å²) >= 11 is 0. The minimum atomic E-state index is -0.131. The van der Waals surface area contributed by atoms with E-state index in [-0.39, 0.29) is 12.5 Å². The number of amides is 1. The first-order valence-electron chi connectivity index (χ1n) is 9.70. The lowest BCUT2D eigenvalue weighted by Gasteiger charge is -2.28. The van der Waals surface area contributed by atoms with Crippen LogP contribution in [0.15, 0.2) is 48.5 Å². The van der Waals surface area contributed by atoms with E-state index >= 15 is 0 Å². The van der Waals surface area contributed by atoms with E-state index in [2.05, 4.69) is 34.5 Å². The number of para-hydroxylation sites is 2. The predicted molar refractivity (Wildman–Crippen MR) is 109 cm³/mol. The van der Waals surface area contributed by atoms with Crippen molar-refractivity contribution < 1.29 is 19.0 Å². The van der Waals surface area contributed by atoms with Crippen LogP contribution in [0.5, 0.6) is 11.5 Å². The Bertz CT molecular complexity index is 742. The zero-order chi connectivity index (χ0) is 19.6. The second-order valence-corrected chi connectivity index (χ2v) is 6.66. The molecule has 2 aromatic rings. The number of hydrogen-bond acceptors (Lipinski definition) is 5. The number of aryl methyl sites for hydroxylation is 1. The number of methoxy groups -OCH3 is 1. The third-order valence-electron chi connectivity index (χ3n) is 4.70. The van der Waals surface area contributed by atoms with Gasteiger partial charge in [0.15, 0.2) is 18.1 Å². The fraction of sp³-hybridized carbons (Fsp3) is 0.409. The molecule has 3 rings (SSSR count). The first-order chi connectivity index (χ1) is 13.8. The van der Waals surface area contributed by atoms with Gasteiger partial charge >= 0.3 is 0 Å². The van der Waals surface area contributed by atoms with Gasteiger partial charge in [-0.1, -0.05) is 24.3 Å². The molecule has 0 radical (unpaired) electrons. The molecule has 0 saturated carbocycles. The van der Waals surface area contributed by atoms with Crippen molar-refractivity contribution in [3.63, 3.8) is 0 Å². The Labute approximate surface area is 166 Å². The van der Waals surface area contributed by atoms with Crippen LogP contribution < -0.4 is 19.7 Å². The van der Waals surface area contributed by atoms with E-state index in [1.165, 1.54) is 11.3 Å². The first-order valence-corrected chi connectivity index (χ1v) is 9.70. The molecule has 1 amide bonds. The van der Waals surface area contributed by atoms with E-state index in [1.807, 2.05) is 12.1 Å². The zero-order valence-corrected chi connectivity index (χ0v) is 16.4. The van der Waals surface area contributed by atoms with E-state index in [0.29, 0.717) is 18.0 Å². The molecular formula is C22H28N2O4. The number of carbonyl (C=O) groups is 1. The minimum Gasteiger partial charge on any atom is -0.493 e. The Morgan fingerprint density at radius 2 is 1.79 bits per heavy atom. The molecule has 1 N–H and O–H groups in total. The fourth-order valence-corrected chi connectivity index (χ4v) is 3.15. The standard InChI is InChI=1S/C22H28N2O4/c1-26-20-6-2-3-7-21(20)28-17-22(25)23-12-4-5-18-8-10-19(11-9-18)24-13-15-27-16-14-24/h2-3,6-11H,4-5,12-17H2,1H3,(H,23,25). The summed E-state index contributed by atoms with van der Waals surface area (Å²) in [7, 11) is 1.58. The number of rotatable bonds is 9. The minimum absolute atomic E-state index is 0.0192. The first kappa shape index (κ1) is 20.0. The van der Waals surface area contributed by atoms with Gasteiger partial charge < -0.3 is 24.4 Å². The molecule has 2 aromatic carbocycles. The van der Waals surface area contributed by atoms with Crippen LogP contribution in [0, 0.1) is 0 Å². The van der Waals surface area contributed by atoms with Crippen LogP contribution in [0.3, 0.4) is 0 Å². The molecule has 0 aromatic heterocycles. The Kier molecular flexibility index (Phi) is 7.55. The lowest BCUT2D eigenvalue weighted by molar-refractivity contribution is -0.123. The highest BCUT2D eigenvalue weighted by molar-refractivity contribution is 5.77. The monoisotopic (exact) mass is 384 g/mol. The van der Waals surface area contributed by atoms with Crippen LogP contribution in [0.1, 0.15) is 12.0 Å². The number of ether oxygens (including phenoxy) is 3. The van der Waals surface area contributed by atoms with Crippen LogP contribution in [-0.4, -0.2) is 52.5 Å². The highest BCUT2D eigenvalue weighted by Gasteiger charge is 2.11. The molecule has 0 spiro atoms. The summed E-state index contributed by atoms with van der Waals surface area (Å²) in [4.78, 5) is 14.3. The van der Waals surface area contributed by atoms with Gasteiger partial charge in [-0.25, -0.2) is 0 Å². The van der Waals surface area contributed by atoms with Crippen molar-refractivity contribution in [2.75, 3.05) is 51.5 Å². The number of nitrogens with zero attached hydrogens (tertiary/aromatic N) is 1. The van der Waals surface area contributed by atoms with Crippen molar-refractivity contribution >= 4 is 11.6 Å². The summed E-state index contributed by atoms with van der Waals surface area (Å²) in [5.41, 5.74) is 2.52. The molecule has 6 heteroatoms. The van der Waals surface area contributed by atoms with Crippen LogP contribution in [0.2, 0.25) is 0 Å². The highest BCUT2D eigenvalue weighted by atomic mass is 16.5. The maximum absolute atomic E-state index is 12.0. The van der Waals surface area contributed by atoms with Gasteiger partial charge in [0.2, 0.25) is 0 Å². The van der Waals surface area contributed by atoms with Gasteiger partial charge in [-0.3, -0.25) is 4.79 Å². The van der Waals surface area contributed by atoms with E-state index in [0.717, 1.165) is 39.1 Å². The number of hydrogen-bond donors (Lipinski definition) is 1. The average molecular weight is 384 g/mol.